The van der Waals surface area contributed by atoms with E-state index in [1.807, 2.05) is 0 Å². The second kappa shape index (κ2) is 7.23. The van der Waals surface area contributed by atoms with Crippen LogP contribution in [-0.4, -0.2) is 35.7 Å². The highest BCUT2D eigenvalue weighted by Gasteiger charge is 2.22. The van der Waals surface area contributed by atoms with Crippen molar-refractivity contribution in [3.63, 3.8) is 0 Å². The highest BCUT2D eigenvalue weighted by molar-refractivity contribution is 6.03. The number of esters is 2. The number of aromatic carboxylic acids is 1. The predicted octanol–water partition coefficient (Wildman–Crippen LogP) is 1.97. The second-order valence-corrected chi connectivity index (χ2v) is 4.35. The lowest BCUT2D eigenvalue weighted by molar-refractivity contribution is -0.140. The number of hydrogen-bond acceptors (Lipinski definition) is 5. The largest absolute Gasteiger partial charge is 0.478 e. The van der Waals surface area contributed by atoms with Gasteiger partial charge in [-0.1, -0.05) is 18.7 Å². The highest BCUT2D eigenvalue weighted by Crippen LogP contribution is 2.16. The van der Waals surface area contributed by atoms with Gasteiger partial charge in [0.2, 0.25) is 0 Å². The lowest BCUT2D eigenvalue weighted by Gasteiger charge is -2.15. The summed E-state index contributed by atoms with van der Waals surface area (Å²) in [4.78, 5) is 34.1. The van der Waals surface area contributed by atoms with E-state index in [0.29, 0.717) is 5.56 Å². The first-order valence-corrected chi connectivity index (χ1v) is 6.20. The van der Waals surface area contributed by atoms with E-state index in [9.17, 15) is 14.4 Å². The minimum absolute atomic E-state index is 0.00750. The van der Waals surface area contributed by atoms with Gasteiger partial charge in [-0.2, -0.15) is 0 Å². The Bertz CT molecular complexity index is 576. The summed E-state index contributed by atoms with van der Waals surface area (Å²) in [7, 11) is 0. The normalized spacial score (nSPS) is 11.3. The first kappa shape index (κ1) is 16.4. The second-order valence-electron chi connectivity index (χ2n) is 4.35. The number of carbonyl (C=O) groups excluding carboxylic acids is 2. The molecule has 1 aromatic carbocycles. The molecule has 1 aromatic rings. The van der Waals surface area contributed by atoms with Gasteiger partial charge in [-0.15, -0.1) is 0 Å². The van der Waals surface area contributed by atoms with E-state index in [-0.39, 0.29) is 17.7 Å². The lowest BCUT2D eigenvalue weighted by atomic mass is 10.0. The summed E-state index contributed by atoms with van der Waals surface area (Å²) in [5.41, 5.74) is 0.359. The van der Waals surface area contributed by atoms with Gasteiger partial charge in [-0.25, -0.2) is 14.4 Å². The molecule has 0 bridgehead atoms. The zero-order valence-electron chi connectivity index (χ0n) is 11.8. The summed E-state index contributed by atoms with van der Waals surface area (Å²) in [6.45, 7) is 6.26. The van der Waals surface area contributed by atoms with Crippen LogP contribution in [0.25, 0.3) is 0 Å². The van der Waals surface area contributed by atoms with Crippen LogP contribution in [0.4, 0.5) is 0 Å². The fourth-order valence-corrected chi connectivity index (χ4v) is 1.65. The van der Waals surface area contributed by atoms with Crippen molar-refractivity contribution >= 4 is 17.9 Å². The fraction of sp³-hybridized carbons (Fsp3) is 0.267. The average Bonchev–Trinajstić information content (AvgIpc) is 2.43. The van der Waals surface area contributed by atoms with E-state index < -0.39 is 24.0 Å². The number of hydrogen-bond donors (Lipinski definition) is 1. The van der Waals surface area contributed by atoms with Crippen LogP contribution in [0, 0.1) is 6.92 Å². The van der Waals surface area contributed by atoms with E-state index in [1.165, 1.54) is 13.0 Å². The zero-order chi connectivity index (χ0) is 16.0. The number of aryl methyl sites for hydroxylation is 1. The molecule has 21 heavy (non-hydrogen) atoms. The molecule has 0 aliphatic rings. The molecule has 1 N–H and O–H groups in total. The molecule has 1 unspecified atom stereocenters. The molecule has 112 valence electrons. The van der Waals surface area contributed by atoms with Crippen molar-refractivity contribution in [3.05, 3.63) is 47.5 Å². The Morgan fingerprint density at radius 2 is 2.05 bits per heavy atom. The SMILES string of the molecule is C=CC(=O)OCC(C)OC(=O)c1c(C)cccc1C(=O)O. The van der Waals surface area contributed by atoms with Crippen LogP contribution >= 0.6 is 0 Å². The number of carboxylic acids is 1. The number of carboxylic acid groups (broad SMARTS) is 1. The molecule has 1 rings (SSSR count). The van der Waals surface area contributed by atoms with Crippen LogP contribution in [0.15, 0.2) is 30.9 Å². The standard InChI is InChI=1S/C15H16O6/c1-4-12(16)20-8-10(3)21-15(19)13-9(2)6-5-7-11(13)14(17)18/h4-7,10H,1,8H2,2-3H3,(H,17,18). The van der Waals surface area contributed by atoms with Gasteiger partial charge in [0.1, 0.15) is 12.7 Å². The van der Waals surface area contributed by atoms with Crippen molar-refractivity contribution in [2.24, 2.45) is 0 Å². The van der Waals surface area contributed by atoms with E-state index in [0.717, 1.165) is 6.08 Å². The van der Waals surface area contributed by atoms with Gasteiger partial charge >= 0.3 is 17.9 Å². The van der Waals surface area contributed by atoms with Gasteiger partial charge in [-0.3, -0.25) is 0 Å². The molecule has 0 aliphatic carbocycles. The Kier molecular flexibility index (Phi) is 5.66. The predicted molar refractivity (Wildman–Crippen MR) is 74.2 cm³/mol. The molecule has 0 aliphatic heterocycles. The Morgan fingerprint density at radius 1 is 1.38 bits per heavy atom. The van der Waals surface area contributed by atoms with Gasteiger partial charge in [0.15, 0.2) is 0 Å². The van der Waals surface area contributed by atoms with E-state index in [1.54, 1.807) is 19.1 Å². The third-order valence-electron chi connectivity index (χ3n) is 2.64. The quantitative estimate of drug-likeness (QED) is 0.637. The summed E-state index contributed by atoms with van der Waals surface area (Å²) < 4.78 is 9.84. The van der Waals surface area contributed by atoms with Crippen LogP contribution in [0.2, 0.25) is 0 Å². The molecule has 0 saturated heterocycles. The van der Waals surface area contributed by atoms with Crippen molar-refractivity contribution in [2.75, 3.05) is 6.61 Å². The Labute approximate surface area is 122 Å². The fourth-order valence-electron chi connectivity index (χ4n) is 1.65. The molecule has 0 fully saturated rings. The van der Waals surface area contributed by atoms with Crippen molar-refractivity contribution in [2.45, 2.75) is 20.0 Å². The number of carbonyl (C=O) groups is 3. The maximum atomic E-state index is 12.1. The Morgan fingerprint density at radius 3 is 2.62 bits per heavy atom. The molecular weight excluding hydrogens is 276 g/mol. The van der Waals surface area contributed by atoms with E-state index in [2.05, 4.69) is 6.58 Å². The molecule has 1 atom stereocenters. The third kappa shape index (κ3) is 4.45. The van der Waals surface area contributed by atoms with E-state index >= 15 is 0 Å². The minimum atomic E-state index is -1.21. The smallest absolute Gasteiger partial charge is 0.339 e. The van der Waals surface area contributed by atoms with Crippen molar-refractivity contribution < 1.29 is 29.0 Å². The van der Waals surface area contributed by atoms with Crippen LogP contribution < -0.4 is 0 Å². The van der Waals surface area contributed by atoms with E-state index in [4.69, 9.17) is 14.6 Å². The maximum Gasteiger partial charge on any atom is 0.339 e. The molecule has 6 heteroatoms. The van der Waals surface area contributed by atoms with Gasteiger partial charge in [0.25, 0.3) is 0 Å². The molecule has 0 heterocycles. The molecule has 0 amide bonds. The van der Waals surface area contributed by atoms with Gasteiger partial charge in [0, 0.05) is 6.08 Å². The van der Waals surface area contributed by atoms with Gasteiger partial charge in [-0.05, 0) is 25.5 Å². The molecule has 6 nitrogen and oxygen atoms in total. The van der Waals surface area contributed by atoms with Crippen LogP contribution in [0.5, 0.6) is 0 Å². The summed E-state index contributed by atoms with van der Waals surface area (Å²) in [6.07, 6.45) is 0.293. The van der Waals surface area contributed by atoms with Gasteiger partial charge < -0.3 is 14.6 Å². The first-order valence-electron chi connectivity index (χ1n) is 6.20. The first-order chi connectivity index (χ1) is 9.86. The van der Waals surface area contributed by atoms with Crippen LogP contribution in [0.3, 0.4) is 0 Å². The molecule has 0 saturated carbocycles. The summed E-state index contributed by atoms with van der Waals surface area (Å²) in [5, 5.41) is 9.09. The Balaban J connectivity index is 2.82. The summed E-state index contributed by atoms with van der Waals surface area (Å²) in [6, 6.07) is 4.49. The highest BCUT2D eigenvalue weighted by atomic mass is 16.6. The molecule has 0 radical (unpaired) electrons. The van der Waals surface area contributed by atoms with Crippen molar-refractivity contribution in [1.82, 2.24) is 0 Å². The Hall–Kier alpha value is -2.63. The number of ether oxygens (including phenoxy) is 2. The van der Waals surface area contributed by atoms with Crippen molar-refractivity contribution in [3.8, 4) is 0 Å². The van der Waals surface area contributed by atoms with Gasteiger partial charge in [0.05, 0.1) is 11.1 Å². The summed E-state index contributed by atoms with van der Waals surface area (Å²) in [5.74, 6) is -2.61. The van der Waals surface area contributed by atoms with Crippen LogP contribution in [0.1, 0.15) is 33.2 Å². The van der Waals surface area contributed by atoms with Crippen molar-refractivity contribution in [1.29, 1.82) is 0 Å². The minimum Gasteiger partial charge on any atom is -0.478 e. The average molecular weight is 292 g/mol. The summed E-state index contributed by atoms with van der Waals surface area (Å²) >= 11 is 0. The molecular formula is C15H16O6. The molecule has 0 aromatic heterocycles. The van der Waals surface area contributed by atoms with Crippen LogP contribution in [-0.2, 0) is 14.3 Å². The lowest BCUT2D eigenvalue weighted by Crippen LogP contribution is -2.23. The topological polar surface area (TPSA) is 89.9 Å². The maximum absolute atomic E-state index is 12.1. The third-order valence-corrected chi connectivity index (χ3v) is 2.64. The zero-order valence-corrected chi connectivity index (χ0v) is 11.8. The number of benzene rings is 1. The molecule has 0 spiro atoms. The monoisotopic (exact) mass is 292 g/mol. The number of rotatable bonds is 6.